The summed E-state index contributed by atoms with van der Waals surface area (Å²) in [5.74, 6) is -0.169. The van der Waals surface area contributed by atoms with E-state index in [0.29, 0.717) is 23.4 Å². The normalized spacial score (nSPS) is 41.0. The van der Waals surface area contributed by atoms with E-state index in [0.717, 1.165) is 19.3 Å². The van der Waals surface area contributed by atoms with Crippen LogP contribution in [0.3, 0.4) is 0 Å². The number of hydrogen-bond donors (Lipinski definition) is 2. The van der Waals surface area contributed by atoms with Crippen molar-refractivity contribution in [3.63, 3.8) is 0 Å². The monoisotopic (exact) mass is 501 g/mol. The minimum atomic E-state index is -0.678. The van der Waals surface area contributed by atoms with Gasteiger partial charge in [0.1, 0.15) is 16.9 Å². The number of aromatic nitrogens is 1. The molecule has 0 saturated heterocycles. The van der Waals surface area contributed by atoms with Crippen molar-refractivity contribution in [1.29, 1.82) is 0 Å². The van der Waals surface area contributed by atoms with Gasteiger partial charge in [-0.25, -0.2) is 4.98 Å². The number of ether oxygens (including phenoxy) is 1. The molecule has 3 saturated carbocycles. The van der Waals surface area contributed by atoms with Crippen molar-refractivity contribution in [2.45, 2.75) is 83.6 Å². The Morgan fingerprint density at radius 2 is 2.09 bits per heavy atom. The van der Waals surface area contributed by atoms with Crippen LogP contribution in [0, 0.1) is 34.0 Å². The molecule has 0 aromatic carbocycles. The van der Waals surface area contributed by atoms with Crippen LogP contribution in [-0.4, -0.2) is 44.9 Å². The second kappa shape index (κ2) is 9.64. The van der Waals surface area contributed by atoms with E-state index >= 15 is 0 Å². The topological polar surface area (TPSA) is 96.7 Å². The first kappa shape index (κ1) is 26.4. The minimum Gasteiger partial charge on any atom is -0.461 e. The summed E-state index contributed by atoms with van der Waals surface area (Å²) in [6.07, 6.45) is 5.82. The fraction of sp³-hybridized carbons (Fsp3) is 0.679. The lowest BCUT2D eigenvalue weighted by atomic mass is 9.44. The van der Waals surface area contributed by atoms with Crippen LogP contribution >= 0.6 is 11.8 Å². The predicted octanol–water partition coefficient (Wildman–Crippen LogP) is 4.57. The molecule has 1 heterocycles. The van der Waals surface area contributed by atoms with Crippen LogP contribution in [0.15, 0.2) is 36.0 Å². The van der Waals surface area contributed by atoms with Crippen LogP contribution < -0.4 is 0 Å². The SMILES string of the molecule is C=C[C@]1(C)C[C@@H](OC(=O)CSc2ncccc2CO)[C@]2(C)[C@H](C)CC[C@]3(CCC(=O)[C@H]32)[C@@H](C)[C@@H]1O. The molecular weight excluding hydrogens is 462 g/mol. The molecule has 1 aromatic rings. The van der Waals surface area contributed by atoms with Gasteiger partial charge >= 0.3 is 5.97 Å². The number of aliphatic hydroxyl groups is 2. The summed E-state index contributed by atoms with van der Waals surface area (Å²) in [6, 6.07) is 3.53. The van der Waals surface area contributed by atoms with Crippen LogP contribution in [0.1, 0.15) is 65.4 Å². The maximum absolute atomic E-state index is 13.5. The zero-order chi connectivity index (χ0) is 25.6. The fourth-order valence-corrected chi connectivity index (χ4v) is 8.27. The van der Waals surface area contributed by atoms with E-state index in [2.05, 4.69) is 32.3 Å². The van der Waals surface area contributed by atoms with Gasteiger partial charge in [0.05, 0.1) is 18.5 Å². The predicted molar refractivity (Wildman–Crippen MR) is 136 cm³/mol. The number of carbonyl (C=O) groups is 2. The van der Waals surface area contributed by atoms with Crippen molar-refractivity contribution in [3.8, 4) is 0 Å². The molecule has 1 aromatic heterocycles. The number of hydrogen-bond acceptors (Lipinski definition) is 7. The maximum atomic E-state index is 13.5. The van der Waals surface area contributed by atoms with Crippen molar-refractivity contribution < 1.29 is 24.5 Å². The van der Waals surface area contributed by atoms with Crippen molar-refractivity contribution >= 4 is 23.5 Å². The van der Waals surface area contributed by atoms with Gasteiger partial charge in [0.15, 0.2) is 0 Å². The second-order valence-corrected chi connectivity index (χ2v) is 12.4. The zero-order valence-corrected chi connectivity index (χ0v) is 22.1. The van der Waals surface area contributed by atoms with Crippen LogP contribution in [0.25, 0.3) is 0 Å². The number of carbonyl (C=O) groups excluding carboxylic acids is 2. The molecule has 4 rings (SSSR count). The third kappa shape index (κ3) is 4.17. The first-order valence-electron chi connectivity index (χ1n) is 12.7. The summed E-state index contributed by atoms with van der Waals surface area (Å²) in [6.45, 7) is 12.3. The first-order valence-corrected chi connectivity index (χ1v) is 13.7. The van der Waals surface area contributed by atoms with Gasteiger partial charge < -0.3 is 14.9 Å². The van der Waals surface area contributed by atoms with E-state index in [1.54, 1.807) is 18.3 Å². The molecule has 35 heavy (non-hydrogen) atoms. The molecule has 0 unspecified atom stereocenters. The molecular formula is C28H39NO5S. The molecule has 2 bridgehead atoms. The summed E-state index contributed by atoms with van der Waals surface area (Å²) in [4.78, 5) is 30.9. The van der Waals surface area contributed by atoms with Crippen molar-refractivity contribution in [2.24, 2.45) is 34.0 Å². The number of thioether (sulfide) groups is 1. The molecule has 3 aliphatic carbocycles. The zero-order valence-electron chi connectivity index (χ0n) is 21.3. The summed E-state index contributed by atoms with van der Waals surface area (Å²) in [5, 5.41) is 21.8. The Morgan fingerprint density at radius 3 is 2.77 bits per heavy atom. The lowest BCUT2D eigenvalue weighted by Gasteiger charge is -2.61. The number of Topliss-reactive ketones (excluding diaryl/α,β-unsaturated/α-hetero) is 1. The Bertz CT molecular complexity index is 999. The maximum Gasteiger partial charge on any atom is 0.316 e. The van der Waals surface area contributed by atoms with E-state index in [1.165, 1.54) is 11.8 Å². The smallest absolute Gasteiger partial charge is 0.316 e. The van der Waals surface area contributed by atoms with E-state index in [4.69, 9.17) is 4.74 Å². The first-order chi connectivity index (χ1) is 16.5. The summed E-state index contributed by atoms with van der Waals surface area (Å²) in [5.41, 5.74) is -0.788. The molecule has 7 heteroatoms. The molecule has 0 amide bonds. The van der Waals surface area contributed by atoms with Gasteiger partial charge in [-0.3, -0.25) is 9.59 Å². The largest absolute Gasteiger partial charge is 0.461 e. The summed E-state index contributed by atoms with van der Waals surface area (Å²) in [7, 11) is 0. The van der Waals surface area contributed by atoms with Gasteiger partial charge in [0.2, 0.25) is 0 Å². The van der Waals surface area contributed by atoms with Gasteiger partial charge in [-0.1, -0.05) is 51.6 Å². The van der Waals surface area contributed by atoms with Gasteiger partial charge in [0.25, 0.3) is 0 Å². The molecule has 2 N–H and O–H groups in total. The molecule has 192 valence electrons. The Balaban J connectivity index is 1.68. The third-order valence-electron chi connectivity index (χ3n) is 9.92. The Morgan fingerprint density at radius 1 is 1.34 bits per heavy atom. The van der Waals surface area contributed by atoms with E-state index in [9.17, 15) is 19.8 Å². The molecule has 0 aliphatic heterocycles. The van der Waals surface area contributed by atoms with Crippen LogP contribution in [0.5, 0.6) is 0 Å². The number of aliphatic hydroxyl groups excluding tert-OH is 2. The highest BCUT2D eigenvalue weighted by Gasteiger charge is 2.68. The Labute approximate surface area is 212 Å². The lowest BCUT2D eigenvalue weighted by molar-refractivity contribution is -0.205. The van der Waals surface area contributed by atoms with Crippen LogP contribution in [0.2, 0.25) is 0 Å². The average molecular weight is 502 g/mol. The molecule has 3 aliphatic rings. The fourth-order valence-electron chi connectivity index (χ4n) is 7.50. The van der Waals surface area contributed by atoms with Gasteiger partial charge in [0, 0.05) is 34.9 Å². The summed E-state index contributed by atoms with van der Waals surface area (Å²) >= 11 is 1.24. The van der Waals surface area contributed by atoms with Crippen LogP contribution in [0.4, 0.5) is 0 Å². The number of ketones is 1. The molecule has 3 fully saturated rings. The van der Waals surface area contributed by atoms with Gasteiger partial charge in [-0.15, -0.1) is 6.58 Å². The number of nitrogens with zero attached hydrogens (tertiary/aromatic N) is 1. The van der Waals surface area contributed by atoms with E-state index in [-0.39, 0.29) is 47.3 Å². The molecule has 0 radical (unpaired) electrons. The molecule has 6 nitrogen and oxygen atoms in total. The van der Waals surface area contributed by atoms with Crippen molar-refractivity contribution in [1.82, 2.24) is 4.98 Å². The Kier molecular flexibility index (Phi) is 7.26. The van der Waals surface area contributed by atoms with E-state index in [1.807, 2.05) is 13.0 Å². The number of esters is 1. The van der Waals surface area contributed by atoms with Crippen molar-refractivity contribution in [2.75, 3.05) is 5.75 Å². The van der Waals surface area contributed by atoms with Crippen LogP contribution in [-0.2, 0) is 20.9 Å². The van der Waals surface area contributed by atoms with Gasteiger partial charge in [-0.2, -0.15) is 0 Å². The third-order valence-corrected chi connectivity index (χ3v) is 10.9. The molecule has 8 atom stereocenters. The second-order valence-electron chi connectivity index (χ2n) is 11.5. The Hall–Kier alpha value is -1.70. The number of rotatable bonds is 6. The van der Waals surface area contributed by atoms with Gasteiger partial charge in [-0.05, 0) is 49.0 Å². The number of pyridine rings is 1. The highest BCUT2D eigenvalue weighted by atomic mass is 32.2. The summed E-state index contributed by atoms with van der Waals surface area (Å²) < 4.78 is 6.25. The van der Waals surface area contributed by atoms with Crippen molar-refractivity contribution in [3.05, 3.63) is 36.5 Å². The standard InChI is InChI=1S/C28H39NO5S/c1-6-26(4)14-21(34-22(32)16-35-25-19(15-30)8-7-13-29-25)27(5)17(2)9-11-28(18(3)24(26)33)12-10-20(31)23(27)28/h6-8,13,17-18,21,23-24,30,33H,1,9-12,14-16H2,2-5H3/t17-,18+,21-,23+,24+,26-,27+,28+/m1/s1. The highest BCUT2D eigenvalue weighted by Crippen LogP contribution is 2.68. The highest BCUT2D eigenvalue weighted by molar-refractivity contribution is 7.99. The quantitative estimate of drug-likeness (QED) is 0.335. The molecule has 0 spiro atoms. The van der Waals surface area contributed by atoms with E-state index < -0.39 is 23.0 Å². The average Bonchev–Trinajstić information content (AvgIpc) is 3.21. The minimum absolute atomic E-state index is 0.0537. The lowest BCUT2D eigenvalue weighted by Crippen LogP contribution is -2.63.